The van der Waals surface area contributed by atoms with Crippen LogP contribution in [0.15, 0.2) is 54.6 Å². The Bertz CT molecular complexity index is 870. The second kappa shape index (κ2) is 5.36. The minimum atomic E-state index is -1.78. The molecule has 1 aliphatic rings. The quantitative estimate of drug-likeness (QED) is 0.274. The Hall–Kier alpha value is -1.31. The zero-order valence-corrected chi connectivity index (χ0v) is 15.7. The van der Waals surface area contributed by atoms with E-state index in [4.69, 9.17) is 11.1 Å². The van der Waals surface area contributed by atoms with Crippen LogP contribution in [0.2, 0.25) is 13.1 Å². The van der Waals surface area contributed by atoms with Crippen molar-refractivity contribution in [1.82, 2.24) is 0 Å². The summed E-state index contributed by atoms with van der Waals surface area (Å²) in [6, 6.07) is 20.3. The minimum absolute atomic E-state index is 0.244. The molecule has 118 valence electrons. The fourth-order valence-electron chi connectivity index (χ4n) is 4.52. The van der Waals surface area contributed by atoms with Crippen molar-refractivity contribution in [3.63, 3.8) is 0 Å². The number of fused-ring (bicyclic) bond motifs is 3. The zero-order chi connectivity index (χ0) is 16.1. The van der Waals surface area contributed by atoms with Crippen LogP contribution in [0, 0.1) is 0 Å². The molecule has 0 heterocycles. The maximum Gasteiger partial charge on any atom is 0.160 e. The predicted octanol–water partition coefficient (Wildman–Crippen LogP) is 6.79. The summed E-state index contributed by atoms with van der Waals surface area (Å²) in [6.07, 6.45) is 5.15. The van der Waals surface area contributed by atoms with Crippen molar-refractivity contribution >= 4 is 40.0 Å². The van der Waals surface area contributed by atoms with Crippen molar-refractivity contribution in [2.45, 2.75) is 43.8 Å². The second-order valence-corrected chi connectivity index (χ2v) is 14.2. The van der Waals surface area contributed by atoms with Gasteiger partial charge in [-0.1, -0.05) is 80.5 Å². The maximum absolute atomic E-state index is 7.02. The topological polar surface area (TPSA) is 0 Å². The molecule has 1 fully saturated rings. The molecule has 0 aromatic heterocycles. The lowest BCUT2D eigenvalue weighted by Crippen LogP contribution is -2.45. The van der Waals surface area contributed by atoms with E-state index in [9.17, 15) is 0 Å². The van der Waals surface area contributed by atoms with Crippen molar-refractivity contribution in [3.05, 3.63) is 60.2 Å². The second-order valence-electron chi connectivity index (χ2n) is 7.48. The smallest absolute Gasteiger partial charge is 0.160 e. The highest BCUT2D eigenvalue weighted by Gasteiger charge is 2.48. The van der Waals surface area contributed by atoms with Crippen LogP contribution in [0.3, 0.4) is 0 Å². The van der Waals surface area contributed by atoms with E-state index in [1.54, 1.807) is 0 Å². The van der Waals surface area contributed by atoms with Gasteiger partial charge in [-0.25, -0.2) is 0 Å². The number of benzene rings is 3. The van der Waals surface area contributed by atoms with E-state index < -0.39 is 7.38 Å². The molecule has 3 aromatic rings. The summed E-state index contributed by atoms with van der Waals surface area (Å²) in [5, 5.41) is 5.61. The van der Waals surface area contributed by atoms with Crippen LogP contribution in [0.25, 0.3) is 21.5 Å². The van der Waals surface area contributed by atoms with Gasteiger partial charge in [0.25, 0.3) is 0 Å². The van der Waals surface area contributed by atoms with Crippen LogP contribution in [0.5, 0.6) is 0 Å². The third-order valence-electron chi connectivity index (χ3n) is 5.89. The molecule has 0 N–H and O–H groups in total. The van der Waals surface area contributed by atoms with E-state index in [-0.39, 0.29) is 5.04 Å². The summed E-state index contributed by atoms with van der Waals surface area (Å²) in [6.45, 7) is 4.65. The highest BCUT2D eigenvalue weighted by molar-refractivity contribution is 7.20. The first-order chi connectivity index (χ1) is 11.0. The largest absolute Gasteiger partial charge is 0.167 e. The minimum Gasteiger partial charge on any atom is -0.167 e. The molecular weight excluding hydrogens is 316 g/mol. The maximum atomic E-state index is 7.02. The number of rotatable bonds is 2. The van der Waals surface area contributed by atoms with Gasteiger partial charge in [0.2, 0.25) is 0 Å². The number of halogens is 1. The zero-order valence-electron chi connectivity index (χ0n) is 13.9. The summed E-state index contributed by atoms with van der Waals surface area (Å²) in [7, 11) is -1.78. The average molecular weight is 339 g/mol. The molecule has 2 heteroatoms. The summed E-state index contributed by atoms with van der Waals surface area (Å²) in [4.78, 5) is 0. The molecule has 0 bridgehead atoms. The normalized spacial score (nSPS) is 17.9. The van der Waals surface area contributed by atoms with Crippen molar-refractivity contribution in [2.75, 3.05) is 0 Å². The molecule has 0 aliphatic heterocycles. The van der Waals surface area contributed by atoms with Crippen LogP contribution < -0.4 is 0 Å². The van der Waals surface area contributed by atoms with Gasteiger partial charge in [0.15, 0.2) is 7.38 Å². The Labute approximate surface area is 144 Å². The van der Waals surface area contributed by atoms with E-state index in [0.717, 1.165) is 0 Å². The Kier molecular flexibility index (Phi) is 3.55. The van der Waals surface area contributed by atoms with Gasteiger partial charge in [-0.2, -0.15) is 11.1 Å². The van der Waals surface area contributed by atoms with E-state index >= 15 is 0 Å². The van der Waals surface area contributed by atoms with Crippen LogP contribution >= 0.6 is 11.1 Å². The Morgan fingerprint density at radius 1 is 0.826 bits per heavy atom. The lowest BCUT2D eigenvalue weighted by Gasteiger charge is -2.39. The third kappa shape index (κ3) is 2.33. The van der Waals surface area contributed by atoms with Crippen molar-refractivity contribution in [1.29, 1.82) is 0 Å². The van der Waals surface area contributed by atoms with Gasteiger partial charge in [0, 0.05) is 5.04 Å². The van der Waals surface area contributed by atoms with E-state index in [2.05, 4.69) is 67.7 Å². The summed E-state index contributed by atoms with van der Waals surface area (Å²) in [5.74, 6) is 0. The van der Waals surface area contributed by atoms with Crippen LogP contribution in [-0.2, 0) is 5.04 Å². The molecule has 4 rings (SSSR count). The van der Waals surface area contributed by atoms with Gasteiger partial charge in [0.05, 0.1) is 0 Å². The summed E-state index contributed by atoms with van der Waals surface area (Å²) in [5.41, 5.74) is 1.48. The van der Waals surface area contributed by atoms with Crippen LogP contribution in [-0.4, -0.2) is 7.38 Å². The molecule has 0 atom stereocenters. The summed E-state index contributed by atoms with van der Waals surface area (Å²) >= 11 is 7.02. The lowest BCUT2D eigenvalue weighted by atomic mass is 9.92. The molecule has 0 saturated heterocycles. The lowest BCUT2D eigenvalue weighted by molar-refractivity contribution is 0.611. The van der Waals surface area contributed by atoms with Crippen LogP contribution in [0.1, 0.15) is 31.2 Å². The molecule has 0 unspecified atom stereocenters. The van der Waals surface area contributed by atoms with E-state index in [1.165, 1.54) is 52.8 Å². The SMILES string of the molecule is C[Si](C)(Cl)C1(c2ccc3c(ccc4ccccc43)c2)CCCC1. The fraction of sp³-hybridized carbons (Fsp3) is 0.333. The first-order valence-electron chi connectivity index (χ1n) is 8.62. The first-order valence-corrected chi connectivity index (χ1v) is 12.6. The first kappa shape index (κ1) is 15.2. The van der Waals surface area contributed by atoms with Crippen molar-refractivity contribution < 1.29 is 0 Å². The molecule has 0 amide bonds. The van der Waals surface area contributed by atoms with Crippen LogP contribution in [0.4, 0.5) is 0 Å². The third-order valence-corrected chi connectivity index (χ3v) is 10.0. The average Bonchev–Trinajstić information content (AvgIpc) is 3.05. The van der Waals surface area contributed by atoms with E-state index in [1.807, 2.05) is 0 Å². The van der Waals surface area contributed by atoms with Gasteiger partial charge in [-0.05, 0) is 39.9 Å². The van der Waals surface area contributed by atoms with Gasteiger partial charge in [-0.3, -0.25) is 0 Å². The molecular formula is C21H23ClSi. The van der Waals surface area contributed by atoms with Crippen molar-refractivity contribution in [3.8, 4) is 0 Å². The van der Waals surface area contributed by atoms with Gasteiger partial charge in [0.1, 0.15) is 0 Å². The Morgan fingerprint density at radius 2 is 1.48 bits per heavy atom. The van der Waals surface area contributed by atoms with E-state index in [0.29, 0.717) is 0 Å². The highest BCUT2D eigenvalue weighted by atomic mass is 35.6. The molecule has 0 spiro atoms. The number of hydrogen-bond donors (Lipinski definition) is 0. The van der Waals surface area contributed by atoms with Gasteiger partial charge in [-0.15, -0.1) is 0 Å². The standard InChI is InChI=1S/C21H23ClSi/c1-23(2,22)21(13-5-6-14-21)18-11-12-20-17(15-18)10-9-16-7-3-4-8-19(16)20/h3-4,7-12,15H,5-6,13-14H2,1-2H3. The fourth-order valence-corrected chi connectivity index (χ4v) is 7.79. The van der Waals surface area contributed by atoms with Gasteiger partial charge >= 0.3 is 0 Å². The summed E-state index contributed by atoms with van der Waals surface area (Å²) < 4.78 is 0. The van der Waals surface area contributed by atoms with Gasteiger partial charge < -0.3 is 0 Å². The molecule has 0 radical (unpaired) electrons. The number of hydrogen-bond acceptors (Lipinski definition) is 0. The molecule has 3 aromatic carbocycles. The highest BCUT2D eigenvalue weighted by Crippen LogP contribution is 2.49. The monoisotopic (exact) mass is 338 g/mol. The van der Waals surface area contributed by atoms with Crippen molar-refractivity contribution in [2.24, 2.45) is 0 Å². The molecule has 23 heavy (non-hydrogen) atoms. The Balaban J connectivity index is 1.94. The molecule has 0 nitrogen and oxygen atoms in total. The Morgan fingerprint density at radius 3 is 2.22 bits per heavy atom. The predicted molar refractivity (Wildman–Crippen MR) is 105 cm³/mol. The molecule has 1 saturated carbocycles. The molecule has 1 aliphatic carbocycles.